The Kier molecular flexibility index (Phi) is 7.36. The lowest BCUT2D eigenvalue weighted by molar-refractivity contribution is -0.00702. The number of amides is 1. The van der Waals surface area contributed by atoms with Gasteiger partial charge in [-0.25, -0.2) is 4.98 Å². The first-order valence-corrected chi connectivity index (χ1v) is 11.8. The quantitative estimate of drug-likeness (QED) is 0.745. The molecule has 1 aromatic carbocycles. The van der Waals surface area contributed by atoms with Crippen molar-refractivity contribution in [2.75, 3.05) is 39.9 Å². The van der Waals surface area contributed by atoms with Gasteiger partial charge in [0.2, 0.25) is 0 Å². The third-order valence-electron chi connectivity index (χ3n) is 6.21. The summed E-state index contributed by atoms with van der Waals surface area (Å²) in [5, 5.41) is 2.11. The number of nitrogens with zero attached hydrogens (tertiary/aromatic N) is 3. The largest absolute Gasteiger partial charge is 0.491 e. The lowest BCUT2D eigenvalue weighted by Crippen LogP contribution is -2.46. The number of hydrogen-bond donors (Lipinski definition) is 0. The Balaban J connectivity index is 1.53. The summed E-state index contributed by atoms with van der Waals surface area (Å²) >= 11 is 1.63. The van der Waals surface area contributed by atoms with E-state index in [1.807, 2.05) is 34.7 Å². The van der Waals surface area contributed by atoms with Crippen LogP contribution in [0.2, 0.25) is 0 Å². The third kappa shape index (κ3) is 5.20. The van der Waals surface area contributed by atoms with Gasteiger partial charge in [-0.2, -0.15) is 0 Å². The van der Waals surface area contributed by atoms with Crippen molar-refractivity contribution in [1.82, 2.24) is 14.8 Å². The van der Waals surface area contributed by atoms with Gasteiger partial charge in [-0.1, -0.05) is 18.6 Å². The molecule has 2 atom stereocenters. The third-order valence-corrected chi connectivity index (χ3v) is 6.84. The van der Waals surface area contributed by atoms with Gasteiger partial charge < -0.3 is 14.4 Å². The molecule has 6 nitrogen and oxygen atoms in total. The zero-order valence-corrected chi connectivity index (χ0v) is 18.5. The second-order valence-electron chi connectivity index (χ2n) is 8.17. The number of aromatic nitrogens is 1. The number of ether oxygens (including phenoxy) is 2. The molecule has 0 unspecified atom stereocenters. The number of carbonyl (C=O) groups is 1. The molecule has 0 saturated carbocycles. The monoisotopic (exact) mass is 429 g/mol. The van der Waals surface area contributed by atoms with E-state index in [1.54, 1.807) is 18.4 Å². The van der Waals surface area contributed by atoms with Crippen LogP contribution in [0, 0.1) is 5.92 Å². The summed E-state index contributed by atoms with van der Waals surface area (Å²) in [6.07, 6.45) is 4.48. The normalized spacial score (nSPS) is 24.0. The lowest BCUT2D eigenvalue weighted by Gasteiger charge is -2.38. The van der Waals surface area contributed by atoms with E-state index in [2.05, 4.69) is 15.3 Å². The highest BCUT2D eigenvalue weighted by Crippen LogP contribution is 2.28. The Morgan fingerprint density at radius 2 is 2.10 bits per heavy atom. The predicted molar refractivity (Wildman–Crippen MR) is 118 cm³/mol. The molecule has 162 valence electrons. The topological polar surface area (TPSA) is 54.9 Å². The van der Waals surface area contributed by atoms with Crippen LogP contribution >= 0.6 is 11.3 Å². The second-order valence-corrected chi connectivity index (χ2v) is 8.89. The van der Waals surface area contributed by atoms with E-state index in [4.69, 9.17) is 9.47 Å². The van der Waals surface area contributed by atoms with Crippen molar-refractivity contribution >= 4 is 17.2 Å². The Hall–Kier alpha value is -1.96. The molecule has 2 aliphatic rings. The number of thiazole rings is 1. The highest BCUT2D eigenvalue weighted by molar-refractivity contribution is 7.07. The number of para-hydroxylation sites is 1. The van der Waals surface area contributed by atoms with Crippen molar-refractivity contribution in [2.45, 2.75) is 38.3 Å². The minimum atomic E-state index is 0.0709. The number of fused-ring (bicyclic) bond motifs is 3. The van der Waals surface area contributed by atoms with E-state index >= 15 is 0 Å². The Morgan fingerprint density at radius 3 is 2.93 bits per heavy atom. The van der Waals surface area contributed by atoms with Crippen molar-refractivity contribution in [3.63, 3.8) is 0 Å². The van der Waals surface area contributed by atoms with Crippen molar-refractivity contribution < 1.29 is 14.3 Å². The zero-order valence-electron chi connectivity index (χ0n) is 17.7. The molecule has 1 amide bonds. The standard InChI is InChI=1S/C23H31N3O3S/c1-28-21-9-11-26-14-18(21)6-4-5-10-25(15-19-16-30-17-24-19)12-13-29-22-8-3-2-7-20(22)23(26)27/h2-3,7-8,16-18,21H,4-6,9-15H2,1H3/t18-,21+/m0/s1. The molecular weight excluding hydrogens is 398 g/mol. The molecule has 0 spiro atoms. The van der Waals surface area contributed by atoms with Crippen LogP contribution in [0.4, 0.5) is 0 Å². The van der Waals surface area contributed by atoms with E-state index in [0.717, 1.165) is 64.1 Å². The minimum Gasteiger partial charge on any atom is -0.491 e. The lowest BCUT2D eigenvalue weighted by atomic mass is 9.89. The molecule has 1 aromatic heterocycles. The molecule has 0 aliphatic carbocycles. The average Bonchev–Trinajstić information content (AvgIpc) is 3.29. The summed E-state index contributed by atoms with van der Waals surface area (Å²) in [5.74, 6) is 1.14. The molecule has 2 aromatic rings. The van der Waals surface area contributed by atoms with Crippen molar-refractivity contribution in [1.29, 1.82) is 0 Å². The number of hydrogen-bond acceptors (Lipinski definition) is 6. The Morgan fingerprint density at radius 1 is 1.20 bits per heavy atom. The molecule has 0 N–H and O–H groups in total. The summed E-state index contributed by atoms with van der Waals surface area (Å²) < 4.78 is 11.9. The summed E-state index contributed by atoms with van der Waals surface area (Å²) in [7, 11) is 1.80. The molecule has 4 rings (SSSR count). The summed E-state index contributed by atoms with van der Waals surface area (Å²) in [5.41, 5.74) is 3.66. The number of rotatable bonds is 3. The first-order valence-electron chi connectivity index (χ1n) is 10.9. The first-order chi connectivity index (χ1) is 14.7. The number of piperidine rings is 1. The minimum absolute atomic E-state index is 0.0709. The maximum absolute atomic E-state index is 13.3. The molecule has 2 bridgehead atoms. The fourth-order valence-electron chi connectivity index (χ4n) is 4.56. The van der Waals surface area contributed by atoms with E-state index in [1.165, 1.54) is 0 Å². The summed E-state index contributed by atoms with van der Waals surface area (Å²) in [4.78, 5) is 22.1. The van der Waals surface area contributed by atoms with Gasteiger partial charge in [-0.3, -0.25) is 9.69 Å². The fourth-order valence-corrected chi connectivity index (χ4v) is 5.11. The Labute approximate surface area is 182 Å². The van der Waals surface area contributed by atoms with Crippen molar-refractivity contribution in [3.05, 3.63) is 46.4 Å². The van der Waals surface area contributed by atoms with E-state index < -0.39 is 0 Å². The molecule has 7 heteroatoms. The van der Waals surface area contributed by atoms with E-state index in [0.29, 0.717) is 23.8 Å². The van der Waals surface area contributed by atoms with Crippen LogP contribution < -0.4 is 4.74 Å². The van der Waals surface area contributed by atoms with Crippen molar-refractivity contribution in [3.8, 4) is 5.75 Å². The van der Waals surface area contributed by atoms with Gasteiger partial charge >= 0.3 is 0 Å². The zero-order chi connectivity index (χ0) is 20.8. The fraction of sp³-hybridized carbons (Fsp3) is 0.565. The Bertz CT molecular complexity index is 814. The van der Waals surface area contributed by atoms with Crippen LogP contribution in [0.1, 0.15) is 41.7 Å². The molecule has 1 fully saturated rings. The molecule has 30 heavy (non-hydrogen) atoms. The summed E-state index contributed by atoms with van der Waals surface area (Å²) in [6.45, 7) is 4.73. The van der Waals surface area contributed by atoms with Gasteiger partial charge in [-0.15, -0.1) is 11.3 Å². The molecule has 0 radical (unpaired) electrons. The number of methoxy groups -OCH3 is 1. The number of benzene rings is 1. The SMILES string of the molecule is CO[C@@H]1CCN2C[C@@H]1CCCCN(Cc1cscn1)CCOc1ccccc1C2=O. The molecular formula is C23H31N3O3S. The van der Waals surface area contributed by atoms with E-state index in [9.17, 15) is 4.79 Å². The first kappa shape index (κ1) is 21.3. The maximum atomic E-state index is 13.3. The van der Waals surface area contributed by atoms with Crippen LogP contribution in [0.15, 0.2) is 35.2 Å². The summed E-state index contributed by atoms with van der Waals surface area (Å²) in [6, 6.07) is 7.64. The highest BCUT2D eigenvalue weighted by atomic mass is 32.1. The van der Waals surface area contributed by atoms with Crippen molar-refractivity contribution in [2.24, 2.45) is 5.92 Å². The van der Waals surface area contributed by atoms with Gasteiger partial charge in [0.15, 0.2) is 0 Å². The average molecular weight is 430 g/mol. The van der Waals surface area contributed by atoms with Gasteiger partial charge in [0.25, 0.3) is 5.91 Å². The molecule has 3 heterocycles. The van der Waals surface area contributed by atoms with Gasteiger partial charge in [0, 0.05) is 44.6 Å². The van der Waals surface area contributed by atoms with Crippen LogP contribution in [0.25, 0.3) is 0 Å². The molecule has 2 aliphatic heterocycles. The number of carbonyl (C=O) groups excluding carboxylic acids is 1. The maximum Gasteiger partial charge on any atom is 0.257 e. The highest BCUT2D eigenvalue weighted by Gasteiger charge is 2.32. The van der Waals surface area contributed by atoms with Crippen LogP contribution in [0.5, 0.6) is 5.75 Å². The smallest absolute Gasteiger partial charge is 0.257 e. The van der Waals surface area contributed by atoms with Gasteiger partial charge in [0.1, 0.15) is 12.4 Å². The van der Waals surface area contributed by atoms with Crippen LogP contribution in [-0.2, 0) is 11.3 Å². The molecule has 1 saturated heterocycles. The van der Waals surface area contributed by atoms with Gasteiger partial charge in [0.05, 0.1) is 22.9 Å². The van der Waals surface area contributed by atoms with Gasteiger partial charge in [-0.05, 0) is 37.9 Å². The predicted octanol–water partition coefficient (Wildman–Crippen LogP) is 3.69. The van der Waals surface area contributed by atoms with Crippen LogP contribution in [0.3, 0.4) is 0 Å². The second kappa shape index (κ2) is 10.4. The van der Waals surface area contributed by atoms with Crippen LogP contribution in [-0.4, -0.2) is 66.7 Å². The van der Waals surface area contributed by atoms with E-state index in [-0.39, 0.29) is 12.0 Å².